The quantitative estimate of drug-likeness (QED) is 0.328. The highest BCUT2D eigenvalue weighted by Crippen LogP contribution is 2.31. The molecule has 0 saturated heterocycles. The Labute approximate surface area is 192 Å². The second-order valence-electron chi connectivity index (χ2n) is 7.57. The maximum absolute atomic E-state index is 12.2. The van der Waals surface area contributed by atoms with Gasteiger partial charge in [0.25, 0.3) is 0 Å². The molecule has 5 heteroatoms. The van der Waals surface area contributed by atoms with Crippen LogP contribution in [0.5, 0.6) is 5.75 Å². The van der Waals surface area contributed by atoms with Crippen molar-refractivity contribution in [2.75, 3.05) is 11.9 Å². The van der Waals surface area contributed by atoms with Gasteiger partial charge in [-0.15, -0.1) is 11.3 Å². The van der Waals surface area contributed by atoms with E-state index in [1.165, 1.54) is 11.1 Å². The minimum atomic E-state index is -0.0709. The summed E-state index contributed by atoms with van der Waals surface area (Å²) < 4.78 is 5.67. The van der Waals surface area contributed by atoms with Crippen LogP contribution in [0.15, 0.2) is 78.2 Å². The summed E-state index contributed by atoms with van der Waals surface area (Å²) in [5, 5.41) is 6.01. The van der Waals surface area contributed by atoms with E-state index in [0.29, 0.717) is 13.0 Å². The van der Waals surface area contributed by atoms with Gasteiger partial charge in [0.2, 0.25) is 5.91 Å². The Kier molecular flexibility index (Phi) is 6.97. The number of hydrogen-bond acceptors (Lipinski definition) is 4. The summed E-state index contributed by atoms with van der Waals surface area (Å²) in [7, 11) is 0. The number of aryl methyl sites for hydroxylation is 2. The largest absolute Gasteiger partial charge is 0.493 e. The lowest BCUT2D eigenvalue weighted by atomic mass is 10.1. The molecule has 0 aliphatic heterocycles. The summed E-state index contributed by atoms with van der Waals surface area (Å²) in [5.41, 5.74) is 6.37. The molecule has 0 bridgehead atoms. The van der Waals surface area contributed by atoms with E-state index >= 15 is 0 Å². The molecule has 32 heavy (non-hydrogen) atoms. The average Bonchev–Trinajstić information content (AvgIpc) is 3.30. The van der Waals surface area contributed by atoms with Crippen molar-refractivity contribution in [3.05, 3.63) is 89.3 Å². The van der Waals surface area contributed by atoms with Crippen LogP contribution in [-0.2, 0) is 11.2 Å². The fourth-order valence-electron chi connectivity index (χ4n) is 3.37. The Morgan fingerprint density at radius 2 is 1.75 bits per heavy atom. The van der Waals surface area contributed by atoms with Gasteiger partial charge in [0, 0.05) is 22.2 Å². The summed E-state index contributed by atoms with van der Waals surface area (Å²) in [4.78, 5) is 17.0. The van der Waals surface area contributed by atoms with E-state index in [0.717, 1.165) is 39.7 Å². The molecule has 0 spiro atoms. The standard InChI is InChI=1S/C27H26N2O2S/c1-3-20-8-14-23(15-9-20)31-17-16-26(30)28-22-12-10-21(11-13-22)25-18-32-27(29-25)24-7-5-4-6-19(24)2/h4-15,18H,3,16-17H2,1-2H3,(H,28,30). The SMILES string of the molecule is CCc1ccc(OCCC(=O)Nc2ccc(-c3csc(-c4ccccc4C)n3)cc2)cc1. The highest BCUT2D eigenvalue weighted by molar-refractivity contribution is 7.13. The highest BCUT2D eigenvalue weighted by atomic mass is 32.1. The van der Waals surface area contributed by atoms with Gasteiger partial charge in [-0.1, -0.05) is 55.5 Å². The Hall–Kier alpha value is -3.44. The fraction of sp³-hybridized carbons (Fsp3) is 0.185. The summed E-state index contributed by atoms with van der Waals surface area (Å²) in [6, 6.07) is 24.0. The van der Waals surface area contributed by atoms with Crippen LogP contribution in [0.25, 0.3) is 21.8 Å². The molecule has 1 amide bonds. The molecule has 0 unspecified atom stereocenters. The minimum Gasteiger partial charge on any atom is -0.493 e. The van der Waals surface area contributed by atoms with Crippen LogP contribution >= 0.6 is 11.3 Å². The maximum Gasteiger partial charge on any atom is 0.227 e. The monoisotopic (exact) mass is 442 g/mol. The lowest BCUT2D eigenvalue weighted by Gasteiger charge is -2.08. The van der Waals surface area contributed by atoms with E-state index in [2.05, 4.69) is 36.7 Å². The number of ether oxygens (including phenoxy) is 1. The number of carbonyl (C=O) groups is 1. The summed E-state index contributed by atoms with van der Waals surface area (Å²) in [5.74, 6) is 0.714. The number of hydrogen-bond donors (Lipinski definition) is 1. The molecule has 4 nitrogen and oxygen atoms in total. The van der Waals surface area contributed by atoms with Crippen LogP contribution in [0.3, 0.4) is 0 Å². The smallest absolute Gasteiger partial charge is 0.227 e. The van der Waals surface area contributed by atoms with Gasteiger partial charge in [-0.2, -0.15) is 0 Å². The molecule has 162 valence electrons. The molecule has 4 aromatic rings. The fourth-order valence-corrected chi connectivity index (χ4v) is 4.29. The molecule has 0 radical (unpaired) electrons. The highest BCUT2D eigenvalue weighted by Gasteiger charge is 2.09. The Bertz CT molecular complexity index is 1180. The Morgan fingerprint density at radius 1 is 1.00 bits per heavy atom. The molecule has 0 aliphatic rings. The summed E-state index contributed by atoms with van der Waals surface area (Å²) in [6.45, 7) is 4.56. The number of nitrogens with one attached hydrogen (secondary N) is 1. The second kappa shape index (κ2) is 10.2. The number of amides is 1. The zero-order valence-electron chi connectivity index (χ0n) is 18.3. The van der Waals surface area contributed by atoms with Crippen LogP contribution in [0, 0.1) is 6.92 Å². The predicted molar refractivity (Wildman–Crippen MR) is 132 cm³/mol. The van der Waals surface area contributed by atoms with Crippen molar-refractivity contribution in [3.8, 4) is 27.6 Å². The number of benzene rings is 3. The third-order valence-electron chi connectivity index (χ3n) is 5.27. The van der Waals surface area contributed by atoms with E-state index in [1.807, 2.05) is 60.7 Å². The lowest BCUT2D eigenvalue weighted by Crippen LogP contribution is -2.15. The molecule has 4 rings (SSSR count). The Morgan fingerprint density at radius 3 is 2.47 bits per heavy atom. The molecule has 0 saturated carbocycles. The van der Waals surface area contributed by atoms with Gasteiger partial charge in [-0.05, 0) is 48.7 Å². The van der Waals surface area contributed by atoms with Gasteiger partial charge in [-0.25, -0.2) is 4.98 Å². The first-order valence-electron chi connectivity index (χ1n) is 10.8. The van der Waals surface area contributed by atoms with Gasteiger partial charge in [0.05, 0.1) is 18.7 Å². The van der Waals surface area contributed by atoms with Crippen molar-refractivity contribution in [2.24, 2.45) is 0 Å². The van der Waals surface area contributed by atoms with Crippen molar-refractivity contribution < 1.29 is 9.53 Å². The number of anilines is 1. The topological polar surface area (TPSA) is 51.2 Å². The van der Waals surface area contributed by atoms with Crippen LogP contribution in [-0.4, -0.2) is 17.5 Å². The number of aromatic nitrogens is 1. The number of rotatable bonds is 8. The Balaban J connectivity index is 1.31. The third kappa shape index (κ3) is 5.42. The van der Waals surface area contributed by atoms with Gasteiger partial charge in [0.1, 0.15) is 10.8 Å². The number of thiazole rings is 1. The molecule has 1 heterocycles. The third-order valence-corrected chi connectivity index (χ3v) is 6.15. The maximum atomic E-state index is 12.2. The van der Waals surface area contributed by atoms with Gasteiger partial charge in [-0.3, -0.25) is 4.79 Å². The first-order chi connectivity index (χ1) is 15.6. The summed E-state index contributed by atoms with van der Waals surface area (Å²) in [6.07, 6.45) is 1.29. The lowest BCUT2D eigenvalue weighted by molar-refractivity contribution is -0.116. The van der Waals surface area contributed by atoms with Crippen LogP contribution < -0.4 is 10.1 Å². The first kappa shape index (κ1) is 21.8. The van der Waals surface area contributed by atoms with Crippen LogP contribution in [0.1, 0.15) is 24.5 Å². The molecule has 3 aromatic carbocycles. The van der Waals surface area contributed by atoms with Crippen LogP contribution in [0.2, 0.25) is 0 Å². The zero-order valence-corrected chi connectivity index (χ0v) is 19.1. The molecule has 0 atom stereocenters. The van der Waals surface area contributed by atoms with E-state index in [1.54, 1.807) is 11.3 Å². The van der Waals surface area contributed by atoms with E-state index in [4.69, 9.17) is 9.72 Å². The van der Waals surface area contributed by atoms with Crippen LogP contribution in [0.4, 0.5) is 5.69 Å². The second-order valence-corrected chi connectivity index (χ2v) is 8.43. The molecular weight excluding hydrogens is 416 g/mol. The van der Waals surface area contributed by atoms with Gasteiger partial charge >= 0.3 is 0 Å². The van der Waals surface area contributed by atoms with Crippen molar-refractivity contribution in [1.82, 2.24) is 4.98 Å². The molecule has 0 aliphatic carbocycles. The average molecular weight is 443 g/mol. The summed E-state index contributed by atoms with van der Waals surface area (Å²) >= 11 is 1.64. The predicted octanol–water partition coefficient (Wildman–Crippen LogP) is 6.76. The zero-order chi connectivity index (χ0) is 22.3. The normalized spacial score (nSPS) is 10.7. The van der Waals surface area contributed by atoms with Gasteiger partial charge < -0.3 is 10.1 Å². The molecule has 0 fully saturated rings. The van der Waals surface area contributed by atoms with Crippen molar-refractivity contribution >= 4 is 22.9 Å². The van der Waals surface area contributed by atoms with E-state index < -0.39 is 0 Å². The van der Waals surface area contributed by atoms with E-state index in [-0.39, 0.29) is 5.91 Å². The number of nitrogens with zero attached hydrogens (tertiary/aromatic N) is 1. The van der Waals surface area contributed by atoms with Crippen molar-refractivity contribution in [1.29, 1.82) is 0 Å². The van der Waals surface area contributed by atoms with E-state index in [9.17, 15) is 4.79 Å². The van der Waals surface area contributed by atoms with Crippen molar-refractivity contribution in [3.63, 3.8) is 0 Å². The number of carbonyl (C=O) groups excluding carboxylic acids is 1. The molecule has 1 aromatic heterocycles. The molecule has 1 N–H and O–H groups in total. The van der Waals surface area contributed by atoms with Gasteiger partial charge in [0.15, 0.2) is 0 Å². The van der Waals surface area contributed by atoms with Crippen molar-refractivity contribution in [2.45, 2.75) is 26.7 Å². The first-order valence-corrected chi connectivity index (χ1v) is 11.6. The minimum absolute atomic E-state index is 0.0709. The molecular formula is C27H26N2O2S.